The van der Waals surface area contributed by atoms with Gasteiger partial charge in [0.25, 0.3) is 5.92 Å². The molecule has 4 aliphatic carbocycles. The van der Waals surface area contributed by atoms with E-state index in [4.69, 9.17) is 19.4 Å². The van der Waals surface area contributed by atoms with Gasteiger partial charge in [-0.2, -0.15) is 8.78 Å². The predicted octanol–water partition coefficient (Wildman–Crippen LogP) is 9.25. The van der Waals surface area contributed by atoms with Gasteiger partial charge < -0.3 is 35.0 Å². The normalized spacial score (nSPS) is 24.0. The number of nitrogens with zero attached hydrogens (tertiary/aromatic N) is 3. The van der Waals surface area contributed by atoms with Crippen molar-refractivity contribution in [2.75, 3.05) is 20.8 Å². The van der Waals surface area contributed by atoms with Crippen LogP contribution in [0.15, 0.2) is 60.8 Å². The lowest BCUT2D eigenvalue weighted by Crippen LogP contribution is -2.51. The number of hydrogen-bond donors (Lipinski definition) is 4. The largest absolute Gasteiger partial charge is 0.453 e. The van der Waals surface area contributed by atoms with Crippen LogP contribution in [-0.4, -0.2) is 81.6 Å². The maximum atomic E-state index is 16.7. The minimum absolute atomic E-state index is 0.00739. The number of imidazole rings is 2. The lowest BCUT2D eigenvalue weighted by Gasteiger charge is -2.32. The second-order valence-electron chi connectivity index (χ2n) is 19.8. The number of Topliss-reactive ketones (excluding diaryl/α,β-unsaturated/α-hetero) is 1. The van der Waals surface area contributed by atoms with Gasteiger partial charge in [-0.05, 0) is 114 Å². The quantitative estimate of drug-likeness (QED) is 0.102. The lowest BCUT2D eigenvalue weighted by atomic mass is 9.73. The second-order valence-corrected chi connectivity index (χ2v) is 19.8. The Hall–Kier alpha value is -6.12. The Morgan fingerprint density at radius 3 is 2.06 bits per heavy atom. The third-order valence-electron chi connectivity index (χ3n) is 15.2. The Labute approximate surface area is 375 Å². The molecule has 340 valence electrons. The van der Waals surface area contributed by atoms with Crippen LogP contribution in [0.5, 0.6) is 0 Å². The number of methoxy groups -OCH3 is 2. The highest BCUT2D eigenvalue weighted by molar-refractivity contribution is 5.92. The van der Waals surface area contributed by atoms with Crippen molar-refractivity contribution in [3.63, 3.8) is 0 Å². The van der Waals surface area contributed by atoms with Gasteiger partial charge in [-0.25, -0.2) is 19.6 Å². The highest BCUT2D eigenvalue weighted by Crippen LogP contribution is 2.59. The van der Waals surface area contributed by atoms with Crippen molar-refractivity contribution in [2.45, 2.75) is 96.2 Å². The smallest absolute Gasteiger partial charge is 0.407 e. The zero-order chi connectivity index (χ0) is 45.7. The summed E-state index contributed by atoms with van der Waals surface area (Å²) in [6.45, 7) is 8.14. The maximum absolute atomic E-state index is 16.7. The molecule has 1 saturated heterocycles. The number of hydrogen-bond acceptors (Lipinski definition) is 8. The molecular weight excluding hydrogens is 833 g/mol. The Bertz CT molecular complexity index is 2740. The number of rotatable bonds is 11. The Balaban J connectivity index is 0.896. The molecule has 2 aromatic heterocycles. The summed E-state index contributed by atoms with van der Waals surface area (Å²) < 4.78 is 43.0. The van der Waals surface area contributed by atoms with Crippen molar-refractivity contribution in [1.29, 1.82) is 0 Å². The fourth-order valence-electron chi connectivity index (χ4n) is 11.6. The van der Waals surface area contributed by atoms with Gasteiger partial charge in [0, 0.05) is 35.1 Å². The van der Waals surface area contributed by atoms with Gasteiger partial charge in [-0.1, -0.05) is 58.0 Å². The standard InChI is InChI=1S/C50H55F2N7O6/c1-24(2)41(57-47(62)64-5)43(60)39-29-7-8-30(17-29)40(39)45-54-35-14-11-27(20-36(35)55-45)26-9-12-31-32-13-10-28(19-34(32)50(51,52)33(31)18-26)37-22-53-44(56-37)38-21-49(15-16-49)23-59(38)46(61)42(25(3)4)58-48(63)65-6/h9-14,18-20,22,24-25,29-30,38-42H,7-8,15-17,21,23H2,1-6H3,(H,53,56)(H,54,55)(H,57,62)(H,58,63)/t29-,30+,38+,39?,40-,41+,42+/m1/s1. The van der Waals surface area contributed by atoms with Gasteiger partial charge in [0.2, 0.25) is 5.91 Å². The van der Waals surface area contributed by atoms with Crippen LogP contribution in [-0.2, 0) is 25.0 Å². The van der Waals surface area contributed by atoms with Gasteiger partial charge >= 0.3 is 12.2 Å². The van der Waals surface area contributed by atoms with Crippen molar-refractivity contribution in [2.24, 2.45) is 35.0 Å². The van der Waals surface area contributed by atoms with Crippen molar-refractivity contribution >= 4 is 34.9 Å². The number of likely N-dealkylation sites (tertiary alicyclic amines) is 1. The molecule has 4 fully saturated rings. The number of alkyl carbamates (subject to hydrolysis) is 2. The third-order valence-corrected chi connectivity index (χ3v) is 15.2. The summed E-state index contributed by atoms with van der Waals surface area (Å²) in [5, 5.41) is 5.48. The number of H-pyrrole nitrogens is 2. The number of aromatic amines is 2. The number of alkyl halides is 2. The Morgan fingerprint density at radius 2 is 1.40 bits per heavy atom. The number of nitrogens with one attached hydrogen (secondary N) is 4. The monoisotopic (exact) mass is 887 g/mol. The Morgan fingerprint density at radius 1 is 0.785 bits per heavy atom. The van der Waals surface area contributed by atoms with Gasteiger partial charge in [-0.15, -0.1) is 0 Å². The molecular formula is C50H55F2N7O6. The number of ketones is 1. The first-order valence-corrected chi connectivity index (χ1v) is 22.9. The van der Waals surface area contributed by atoms with Gasteiger partial charge in [0.15, 0.2) is 5.78 Å². The molecule has 15 heteroatoms. The van der Waals surface area contributed by atoms with E-state index in [0.29, 0.717) is 46.2 Å². The lowest BCUT2D eigenvalue weighted by molar-refractivity contribution is -0.135. The first kappa shape index (κ1) is 42.8. The molecule has 1 unspecified atom stereocenters. The van der Waals surface area contributed by atoms with E-state index >= 15 is 8.78 Å². The topological polar surface area (TPSA) is 171 Å². The van der Waals surface area contributed by atoms with E-state index in [1.54, 1.807) is 29.3 Å². The van der Waals surface area contributed by atoms with E-state index in [1.165, 1.54) is 20.3 Å². The molecule has 3 saturated carbocycles. The molecule has 0 radical (unpaired) electrons. The average Bonchev–Trinajstić information content (AvgIpc) is 3.95. The number of carbonyl (C=O) groups is 4. The molecule has 4 N–H and O–H groups in total. The summed E-state index contributed by atoms with van der Waals surface area (Å²) in [6, 6.07) is 14.2. The van der Waals surface area contributed by atoms with E-state index in [0.717, 1.165) is 60.9 Å². The summed E-state index contributed by atoms with van der Waals surface area (Å²) in [6.07, 6.45) is 5.97. The van der Waals surface area contributed by atoms with Crippen LogP contribution >= 0.6 is 0 Å². The number of halogens is 2. The highest BCUT2D eigenvalue weighted by atomic mass is 19.3. The van der Waals surface area contributed by atoms with Crippen LogP contribution in [0.25, 0.3) is 44.5 Å². The number of fused-ring (bicyclic) bond motifs is 6. The minimum atomic E-state index is -3.28. The van der Waals surface area contributed by atoms with Crippen LogP contribution in [0.4, 0.5) is 18.4 Å². The van der Waals surface area contributed by atoms with E-state index in [9.17, 15) is 19.2 Å². The molecule has 3 heterocycles. The molecule has 1 aliphatic heterocycles. The minimum Gasteiger partial charge on any atom is -0.453 e. The number of aromatic nitrogens is 4. The summed E-state index contributed by atoms with van der Waals surface area (Å²) >= 11 is 0. The molecule has 13 nitrogen and oxygen atoms in total. The first-order chi connectivity index (χ1) is 31.1. The van der Waals surface area contributed by atoms with Crippen LogP contribution in [0.2, 0.25) is 0 Å². The molecule has 1 spiro atoms. The Kier molecular flexibility index (Phi) is 10.4. The summed E-state index contributed by atoms with van der Waals surface area (Å²) in [7, 11) is 2.56. The van der Waals surface area contributed by atoms with E-state index in [-0.39, 0.29) is 63.9 Å². The number of benzene rings is 3. The molecule has 3 aromatic carbocycles. The molecule has 5 aliphatic rings. The highest BCUT2D eigenvalue weighted by Gasteiger charge is 2.56. The van der Waals surface area contributed by atoms with Crippen molar-refractivity contribution in [3.8, 4) is 33.5 Å². The van der Waals surface area contributed by atoms with Gasteiger partial charge in [0.1, 0.15) is 17.7 Å². The number of amides is 3. The van der Waals surface area contributed by atoms with Crippen molar-refractivity contribution in [1.82, 2.24) is 35.5 Å². The SMILES string of the molecule is COC(=O)N[C@H](C(=O)C1[C@@H]2CC[C@@H](C2)[C@H]1c1nc2ccc(-c3ccc4c(c3)C(F)(F)c3cc(-c5cnc([C@@H]6CC7(CC7)CN6C(=O)[C@@H](NC(=O)OC)C(C)C)[nH]5)ccc3-4)cc2[nH]1)C(C)C. The van der Waals surface area contributed by atoms with Crippen LogP contribution in [0, 0.1) is 35.0 Å². The molecule has 2 bridgehead atoms. The van der Waals surface area contributed by atoms with Crippen molar-refractivity contribution < 1.29 is 37.4 Å². The molecule has 3 amide bonds. The van der Waals surface area contributed by atoms with E-state index in [2.05, 4.69) is 20.6 Å². The number of carbonyl (C=O) groups excluding carboxylic acids is 4. The van der Waals surface area contributed by atoms with Crippen LogP contribution in [0.1, 0.15) is 101 Å². The van der Waals surface area contributed by atoms with E-state index in [1.807, 2.05) is 58.0 Å². The second kappa shape index (κ2) is 15.8. The summed E-state index contributed by atoms with van der Waals surface area (Å²) in [5.41, 5.74) is 4.79. The van der Waals surface area contributed by atoms with Crippen LogP contribution in [0.3, 0.4) is 0 Å². The average molecular weight is 888 g/mol. The summed E-state index contributed by atoms with van der Waals surface area (Å²) in [4.78, 5) is 70.9. The summed E-state index contributed by atoms with van der Waals surface area (Å²) in [5.74, 6) is -2.37. The number of ether oxygens (including phenoxy) is 2. The fraction of sp³-hybridized carbons (Fsp3) is 0.480. The van der Waals surface area contributed by atoms with E-state index < -0.39 is 30.2 Å². The third kappa shape index (κ3) is 7.25. The zero-order valence-electron chi connectivity index (χ0n) is 37.5. The van der Waals surface area contributed by atoms with Crippen molar-refractivity contribution in [3.05, 3.63) is 83.6 Å². The van der Waals surface area contributed by atoms with Gasteiger partial charge in [0.05, 0.1) is 49.2 Å². The zero-order valence-corrected chi connectivity index (χ0v) is 37.5. The molecule has 65 heavy (non-hydrogen) atoms. The molecule has 5 aromatic rings. The predicted molar refractivity (Wildman–Crippen MR) is 239 cm³/mol. The molecule has 7 atom stereocenters. The van der Waals surface area contributed by atoms with Gasteiger partial charge in [-0.3, -0.25) is 9.59 Å². The fourth-order valence-corrected chi connectivity index (χ4v) is 11.6. The first-order valence-electron chi connectivity index (χ1n) is 22.9. The maximum Gasteiger partial charge on any atom is 0.407 e. The van der Waals surface area contributed by atoms with Crippen LogP contribution < -0.4 is 10.6 Å². The molecule has 10 rings (SSSR count).